The highest BCUT2D eigenvalue weighted by Gasteiger charge is 2.43. The highest BCUT2D eigenvalue weighted by atomic mass is 35.5. The predicted octanol–water partition coefficient (Wildman–Crippen LogP) is 3.76. The molecule has 0 aliphatic carbocycles. The molecule has 2 aromatic rings. The van der Waals surface area contributed by atoms with E-state index in [0.29, 0.717) is 51.3 Å². The summed E-state index contributed by atoms with van der Waals surface area (Å²) < 4.78 is 11.5. The number of benzene rings is 2. The van der Waals surface area contributed by atoms with Gasteiger partial charge in [-0.25, -0.2) is 4.99 Å². The highest BCUT2D eigenvalue weighted by Crippen LogP contribution is 2.44. The number of nitrogens with two attached hydrogens (primary N) is 1. The molecule has 3 heterocycles. The Labute approximate surface area is 224 Å². The Kier molecular flexibility index (Phi) is 6.29. The lowest BCUT2D eigenvalue weighted by Gasteiger charge is -2.40. The van der Waals surface area contributed by atoms with Gasteiger partial charge in [-0.1, -0.05) is 23.2 Å². The van der Waals surface area contributed by atoms with Gasteiger partial charge in [-0.3, -0.25) is 14.5 Å². The van der Waals surface area contributed by atoms with Crippen molar-refractivity contribution in [1.82, 2.24) is 10.2 Å². The first-order valence-corrected chi connectivity index (χ1v) is 12.7. The van der Waals surface area contributed by atoms with Gasteiger partial charge in [0, 0.05) is 28.1 Å². The van der Waals surface area contributed by atoms with Crippen LogP contribution in [-0.4, -0.2) is 52.1 Å². The van der Waals surface area contributed by atoms with E-state index in [2.05, 4.69) is 10.3 Å². The number of hydrogen-bond donors (Lipinski definition) is 3. The Balaban J connectivity index is 1.47. The minimum Gasteiger partial charge on any atom is -0.493 e. The minimum atomic E-state index is -1.42. The average molecular weight is 547 g/mol. The molecule has 0 radical (unpaired) electrons. The fourth-order valence-electron chi connectivity index (χ4n) is 5.14. The van der Waals surface area contributed by atoms with Crippen molar-refractivity contribution in [3.05, 3.63) is 57.1 Å². The Morgan fingerprint density at radius 2 is 1.95 bits per heavy atom. The second kappa shape index (κ2) is 9.08. The Hall–Kier alpha value is -3.01. The number of hydrogen-bond acceptors (Lipinski definition) is 7. The summed E-state index contributed by atoms with van der Waals surface area (Å²) in [6.07, 6.45) is 0.726. The summed E-state index contributed by atoms with van der Waals surface area (Å²) in [5, 5.41) is 14.6. The van der Waals surface area contributed by atoms with E-state index in [9.17, 15) is 14.7 Å². The topological polar surface area (TPSA) is 126 Å². The fourth-order valence-corrected chi connectivity index (χ4v) is 5.70. The molecule has 4 N–H and O–H groups in total. The number of amides is 2. The maximum absolute atomic E-state index is 13.5. The van der Waals surface area contributed by atoms with Gasteiger partial charge in [-0.05, 0) is 51.1 Å². The zero-order valence-corrected chi connectivity index (χ0v) is 22.2. The molecule has 0 unspecified atom stereocenters. The van der Waals surface area contributed by atoms with Crippen LogP contribution in [0, 0.1) is 0 Å². The van der Waals surface area contributed by atoms with E-state index < -0.39 is 29.1 Å². The number of carbonyl (C=O) groups excluding carboxylic acids is 2. The molecular weight excluding hydrogens is 519 g/mol. The molecular formula is C26H28Cl2N4O5. The third-order valence-electron chi connectivity index (χ3n) is 6.86. The van der Waals surface area contributed by atoms with Crippen molar-refractivity contribution in [3.63, 3.8) is 0 Å². The first-order valence-electron chi connectivity index (χ1n) is 12.0. The van der Waals surface area contributed by atoms with Crippen molar-refractivity contribution >= 4 is 41.0 Å². The molecule has 196 valence electrons. The summed E-state index contributed by atoms with van der Waals surface area (Å²) in [6.45, 7) is 5.61. The van der Waals surface area contributed by atoms with Crippen LogP contribution in [-0.2, 0) is 4.79 Å². The van der Waals surface area contributed by atoms with Gasteiger partial charge in [0.2, 0.25) is 5.91 Å². The van der Waals surface area contributed by atoms with Crippen molar-refractivity contribution in [2.24, 2.45) is 10.7 Å². The van der Waals surface area contributed by atoms with E-state index in [-0.39, 0.29) is 24.9 Å². The molecule has 3 aliphatic rings. The second-order valence-corrected chi connectivity index (χ2v) is 11.3. The van der Waals surface area contributed by atoms with Crippen LogP contribution in [0.25, 0.3) is 0 Å². The van der Waals surface area contributed by atoms with E-state index in [4.69, 9.17) is 38.4 Å². The molecule has 2 amide bonds. The number of ether oxygens (including phenoxy) is 2. The quantitative estimate of drug-likeness (QED) is 0.538. The Morgan fingerprint density at radius 3 is 2.68 bits per heavy atom. The Morgan fingerprint density at radius 1 is 1.19 bits per heavy atom. The largest absolute Gasteiger partial charge is 0.493 e. The van der Waals surface area contributed by atoms with Crippen molar-refractivity contribution in [1.29, 1.82) is 0 Å². The lowest BCUT2D eigenvalue weighted by molar-refractivity contribution is -0.131. The number of aliphatic hydroxyl groups is 1. The Bertz CT molecular complexity index is 1330. The summed E-state index contributed by atoms with van der Waals surface area (Å²) in [5.41, 5.74) is 5.70. The van der Waals surface area contributed by atoms with Crippen LogP contribution in [0.15, 0.2) is 35.3 Å². The van der Waals surface area contributed by atoms with Gasteiger partial charge >= 0.3 is 0 Å². The fraction of sp³-hybridized carbons (Fsp3) is 0.423. The van der Waals surface area contributed by atoms with Crippen LogP contribution in [0.2, 0.25) is 10.0 Å². The van der Waals surface area contributed by atoms with Crippen LogP contribution in [0.4, 0.5) is 0 Å². The zero-order chi connectivity index (χ0) is 26.7. The second-order valence-electron chi connectivity index (χ2n) is 10.5. The third-order valence-corrected chi connectivity index (χ3v) is 7.36. The van der Waals surface area contributed by atoms with Crippen molar-refractivity contribution in [2.45, 2.75) is 56.8 Å². The SMILES string of the molecule is CC1(C)CC(=O)N([C@@H]2CCOc3ccc(C(=O)N[C@@H]4c5cc(Cl)cc(Cl)c5OC[C@@]4(C)O)cc32)C(N)=N1. The summed E-state index contributed by atoms with van der Waals surface area (Å²) in [5.74, 6) is 0.517. The third kappa shape index (κ3) is 4.71. The normalized spacial score (nSPS) is 26.3. The van der Waals surface area contributed by atoms with Crippen LogP contribution in [0.3, 0.4) is 0 Å². The molecule has 0 bridgehead atoms. The maximum Gasteiger partial charge on any atom is 0.251 e. The summed E-state index contributed by atoms with van der Waals surface area (Å²) in [4.78, 5) is 32.5. The molecule has 0 saturated heterocycles. The number of guanidine groups is 1. The van der Waals surface area contributed by atoms with Crippen molar-refractivity contribution < 1.29 is 24.2 Å². The molecule has 9 nitrogen and oxygen atoms in total. The number of halogens is 2. The standard InChI is InChI=1S/C26H28Cl2N4O5/c1-25(2)11-20(33)32(24(29)31-25)18-6-7-36-19-5-4-13(8-15(18)19)23(34)30-22-16-9-14(27)10-17(28)21(16)37-12-26(22,3)35/h4-5,8-10,18,22,35H,6-7,11-12H2,1-3H3,(H2,29,31)(H,30,34)/t18-,22-,26-/m1/s1. The molecule has 37 heavy (non-hydrogen) atoms. The van der Waals surface area contributed by atoms with Gasteiger partial charge < -0.3 is 25.6 Å². The molecule has 0 aromatic heterocycles. The van der Waals surface area contributed by atoms with E-state index in [1.807, 2.05) is 13.8 Å². The van der Waals surface area contributed by atoms with Gasteiger partial charge in [0.15, 0.2) is 5.96 Å². The summed E-state index contributed by atoms with van der Waals surface area (Å²) >= 11 is 12.5. The molecule has 3 atom stereocenters. The van der Waals surface area contributed by atoms with Gasteiger partial charge in [0.1, 0.15) is 23.7 Å². The molecule has 0 fully saturated rings. The van der Waals surface area contributed by atoms with E-state index in [1.54, 1.807) is 37.3 Å². The number of rotatable bonds is 3. The number of nitrogens with zero attached hydrogens (tertiary/aromatic N) is 2. The van der Waals surface area contributed by atoms with Gasteiger partial charge in [0.05, 0.1) is 35.7 Å². The monoisotopic (exact) mass is 546 g/mol. The first kappa shape index (κ1) is 25.6. The molecule has 3 aliphatic heterocycles. The summed E-state index contributed by atoms with van der Waals surface area (Å²) in [6, 6.07) is 6.92. The van der Waals surface area contributed by atoms with E-state index in [1.165, 1.54) is 4.90 Å². The van der Waals surface area contributed by atoms with Gasteiger partial charge in [0.25, 0.3) is 5.91 Å². The lowest BCUT2D eigenvalue weighted by Crippen LogP contribution is -2.52. The van der Waals surface area contributed by atoms with E-state index >= 15 is 0 Å². The molecule has 0 spiro atoms. The van der Waals surface area contributed by atoms with Crippen LogP contribution in [0.1, 0.15) is 67.2 Å². The molecule has 5 rings (SSSR count). The molecule has 11 heteroatoms. The minimum absolute atomic E-state index is 0.0710. The first-order chi connectivity index (χ1) is 17.4. The van der Waals surface area contributed by atoms with Crippen LogP contribution >= 0.6 is 23.2 Å². The van der Waals surface area contributed by atoms with Gasteiger partial charge in [-0.15, -0.1) is 0 Å². The van der Waals surface area contributed by atoms with E-state index in [0.717, 1.165) is 0 Å². The summed E-state index contributed by atoms with van der Waals surface area (Å²) in [7, 11) is 0. The average Bonchev–Trinajstić information content (AvgIpc) is 2.79. The van der Waals surface area contributed by atoms with Crippen LogP contribution in [0.5, 0.6) is 11.5 Å². The van der Waals surface area contributed by atoms with Crippen LogP contribution < -0.4 is 20.5 Å². The smallest absolute Gasteiger partial charge is 0.251 e. The lowest BCUT2D eigenvalue weighted by atomic mass is 9.87. The predicted molar refractivity (Wildman–Crippen MR) is 139 cm³/mol. The number of nitrogens with one attached hydrogen (secondary N) is 1. The highest BCUT2D eigenvalue weighted by molar-refractivity contribution is 6.35. The van der Waals surface area contributed by atoms with Gasteiger partial charge in [-0.2, -0.15) is 0 Å². The molecule has 0 saturated carbocycles. The number of aliphatic imine (C=N–C) groups is 1. The zero-order valence-electron chi connectivity index (χ0n) is 20.7. The van der Waals surface area contributed by atoms with Crippen molar-refractivity contribution in [3.8, 4) is 11.5 Å². The number of fused-ring (bicyclic) bond motifs is 2. The number of carbonyl (C=O) groups is 2. The van der Waals surface area contributed by atoms with Crippen molar-refractivity contribution in [2.75, 3.05) is 13.2 Å². The maximum atomic E-state index is 13.5. The molecule has 2 aromatic carbocycles.